The van der Waals surface area contributed by atoms with Gasteiger partial charge in [-0.2, -0.15) is 0 Å². The summed E-state index contributed by atoms with van der Waals surface area (Å²) in [5, 5.41) is 0. The Bertz CT molecular complexity index is 1230. The van der Waals surface area contributed by atoms with Gasteiger partial charge in [0.2, 0.25) is 11.1 Å². The van der Waals surface area contributed by atoms with Gasteiger partial charge in [0.25, 0.3) is 0 Å². The fourth-order valence-electron chi connectivity index (χ4n) is 5.05. The van der Waals surface area contributed by atoms with Gasteiger partial charge in [-0.05, 0) is 59.9 Å². The van der Waals surface area contributed by atoms with Crippen molar-refractivity contribution < 1.29 is 22.6 Å². The molecule has 0 aromatic heterocycles. The van der Waals surface area contributed by atoms with Crippen molar-refractivity contribution >= 4 is 11.1 Å². The van der Waals surface area contributed by atoms with Crippen LogP contribution in [0.2, 0.25) is 0 Å². The summed E-state index contributed by atoms with van der Waals surface area (Å²) in [7, 11) is 1.62. The summed E-state index contributed by atoms with van der Waals surface area (Å²) in [6.07, 6.45) is 1.80. The molecule has 3 aliphatic heterocycles. The molecule has 0 saturated carbocycles. The Morgan fingerprint density at radius 1 is 1.00 bits per heavy atom. The molecule has 0 radical (unpaired) electrons. The minimum absolute atomic E-state index is 0.262. The Morgan fingerprint density at radius 2 is 1.79 bits per heavy atom. The lowest BCUT2D eigenvalue weighted by atomic mass is 9.83. The van der Waals surface area contributed by atoms with Crippen LogP contribution in [0.5, 0.6) is 23.0 Å². The van der Waals surface area contributed by atoms with Gasteiger partial charge in [0.15, 0.2) is 23.0 Å². The van der Waals surface area contributed by atoms with Crippen molar-refractivity contribution in [2.24, 2.45) is 0 Å². The zero-order valence-electron chi connectivity index (χ0n) is 18.4. The van der Waals surface area contributed by atoms with E-state index in [4.69, 9.17) is 18.4 Å². The van der Waals surface area contributed by atoms with E-state index in [0.717, 1.165) is 36.4 Å². The van der Waals surface area contributed by atoms with Gasteiger partial charge in [-0.25, -0.2) is 4.21 Å². The summed E-state index contributed by atoms with van der Waals surface area (Å²) in [4.78, 5) is 3.10. The molecule has 3 aromatic carbocycles. The van der Waals surface area contributed by atoms with Crippen molar-refractivity contribution in [3.8, 4) is 23.0 Å². The Hall–Kier alpha value is -3.03. The average molecular weight is 464 g/mol. The van der Waals surface area contributed by atoms with Crippen LogP contribution in [-0.2, 0) is 30.5 Å². The molecule has 6 nitrogen and oxygen atoms in total. The number of ether oxygens (including phenoxy) is 3. The van der Waals surface area contributed by atoms with Crippen LogP contribution in [0, 0.1) is 0 Å². The second-order valence-corrected chi connectivity index (χ2v) is 9.61. The molecular formula is C26H25NO5S. The highest BCUT2D eigenvalue weighted by molar-refractivity contribution is 7.80. The van der Waals surface area contributed by atoms with Crippen molar-refractivity contribution in [1.82, 2.24) is 4.90 Å². The van der Waals surface area contributed by atoms with E-state index in [1.807, 2.05) is 36.4 Å². The third kappa shape index (κ3) is 3.65. The van der Waals surface area contributed by atoms with E-state index in [9.17, 15) is 4.21 Å². The summed E-state index contributed by atoms with van der Waals surface area (Å²) in [6.45, 7) is 2.84. The lowest BCUT2D eigenvalue weighted by Gasteiger charge is -2.42. The molecule has 0 aliphatic carbocycles. The smallest absolute Gasteiger partial charge is 0.240 e. The van der Waals surface area contributed by atoms with Crippen LogP contribution in [0.4, 0.5) is 0 Å². The topological polar surface area (TPSA) is 57.2 Å². The normalized spacial score (nSPS) is 19.6. The molecule has 170 valence electrons. The van der Waals surface area contributed by atoms with E-state index in [2.05, 4.69) is 23.1 Å². The predicted molar refractivity (Wildman–Crippen MR) is 124 cm³/mol. The zero-order chi connectivity index (χ0) is 22.4. The fourth-order valence-corrected chi connectivity index (χ4v) is 5.86. The maximum atomic E-state index is 12.9. The molecule has 3 heterocycles. The van der Waals surface area contributed by atoms with Gasteiger partial charge in [0.05, 0.1) is 12.0 Å². The molecular weight excluding hydrogens is 438 g/mol. The highest BCUT2D eigenvalue weighted by Gasteiger charge is 2.35. The second kappa shape index (κ2) is 8.39. The molecule has 0 fully saturated rings. The van der Waals surface area contributed by atoms with Crippen LogP contribution < -0.4 is 18.4 Å². The van der Waals surface area contributed by atoms with Gasteiger partial charge in [-0.3, -0.25) is 4.90 Å². The molecule has 3 aliphatic rings. The molecule has 33 heavy (non-hydrogen) atoms. The van der Waals surface area contributed by atoms with Gasteiger partial charge in [-0.15, -0.1) is 0 Å². The SMILES string of the molecule is COc1ccc2c(c1OS(=O)c1ccccc1)CN1CCc3cc4c(cc3C1C2)OCCO4. The average Bonchev–Trinajstić information content (AvgIpc) is 2.87. The summed E-state index contributed by atoms with van der Waals surface area (Å²) in [5.41, 5.74) is 4.89. The summed E-state index contributed by atoms with van der Waals surface area (Å²) in [5.74, 6) is 2.87. The molecule has 7 heteroatoms. The van der Waals surface area contributed by atoms with E-state index < -0.39 is 11.1 Å². The van der Waals surface area contributed by atoms with Crippen molar-refractivity contribution in [2.45, 2.75) is 30.3 Å². The van der Waals surface area contributed by atoms with E-state index >= 15 is 0 Å². The van der Waals surface area contributed by atoms with Crippen molar-refractivity contribution in [3.63, 3.8) is 0 Å². The van der Waals surface area contributed by atoms with Gasteiger partial charge in [0.1, 0.15) is 13.2 Å². The third-order valence-electron chi connectivity index (χ3n) is 6.68. The van der Waals surface area contributed by atoms with Gasteiger partial charge < -0.3 is 18.4 Å². The number of benzene rings is 3. The number of fused-ring (bicyclic) bond motifs is 5. The van der Waals surface area contributed by atoms with Crippen LogP contribution in [0.15, 0.2) is 59.5 Å². The minimum Gasteiger partial charge on any atom is -0.493 e. The maximum absolute atomic E-state index is 12.9. The number of nitrogens with zero attached hydrogens (tertiary/aromatic N) is 1. The quantitative estimate of drug-likeness (QED) is 0.577. The van der Waals surface area contributed by atoms with Crippen LogP contribution in [0.25, 0.3) is 0 Å². The van der Waals surface area contributed by atoms with Crippen molar-refractivity contribution in [3.05, 3.63) is 76.9 Å². The van der Waals surface area contributed by atoms with Gasteiger partial charge in [-0.1, -0.05) is 24.3 Å². The standard InChI is InChI=1S/C26H25NO5S/c1-29-23-8-7-17-13-22-20-15-25-24(30-11-12-31-25)14-18(20)9-10-27(22)16-21(17)26(23)32-33(28)19-5-3-2-4-6-19/h2-8,14-15,22H,9-13,16H2,1H3. The van der Waals surface area contributed by atoms with Crippen molar-refractivity contribution in [1.29, 1.82) is 0 Å². The predicted octanol–water partition coefficient (Wildman–Crippen LogP) is 4.22. The van der Waals surface area contributed by atoms with E-state index in [-0.39, 0.29) is 6.04 Å². The van der Waals surface area contributed by atoms with Gasteiger partial charge >= 0.3 is 0 Å². The first-order valence-electron chi connectivity index (χ1n) is 11.2. The first-order chi connectivity index (χ1) is 16.2. The van der Waals surface area contributed by atoms with Gasteiger partial charge in [0, 0.05) is 24.7 Å². The van der Waals surface area contributed by atoms with Crippen LogP contribution in [0.1, 0.15) is 28.3 Å². The highest BCUT2D eigenvalue weighted by Crippen LogP contribution is 2.46. The molecule has 3 aromatic rings. The fraction of sp³-hybridized carbons (Fsp3) is 0.308. The largest absolute Gasteiger partial charge is 0.493 e. The molecule has 0 bridgehead atoms. The summed E-state index contributed by atoms with van der Waals surface area (Å²) < 4.78 is 36.2. The Kier molecular flexibility index (Phi) is 5.23. The highest BCUT2D eigenvalue weighted by atomic mass is 32.2. The molecule has 0 saturated heterocycles. The molecule has 0 amide bonds. The molecule has 2 atom stereocenters. The Balaban J connectivity index is 1.36. The third-order valence-corrected chi connectivity index (χ3v) is 7.66. The van der Waals surface area contributed by atoms with E-state index in [1.165, 1.54) is 16.7 Å². The molecule has 0 spiro atoms. The van der Waals surface area contributed by atoms with E-state index in [0.29, 0.717) is 36.2 Å². The first kappa shape index (κ1) is 20.6. The number of hydrogen-bond donors (Lipinski definition) is 0. The maximum Gasteiger partial charge on any atom is 0.240 e. The lowest BCUT2D eigenvalue weighted by Crippen LogP contribution is -2.39. The van der Waals surface area contributed by atoms with E-state index in [1.54, 1.807) is 7.11 Å². The number of methoxy groups -OCH3 is 1. The van der Waals surface area contributed by atoms with Crippen LogP contribution >= 0.6 is 0 Å². The lowest BCUT2D eigenvalue weighted by molar-refractivity contribution is 0.152. The summed E-state index contributed by atoms with van der Waals surface area (Å²) in [6, 6.07) is 17.8. The van der Waals surface area contributed by atoms with Crippen LogP contribution in [0.3, 0.4) is 0 Å². The Morgan fingerprint density at radius 3 is 2.58 bits per heavy atom. The Labute approximate surface area is 195 Å². The number of rotatable bonds is 4. The number of hydrogen-bond acceptors (Lipinski definition) is 6. The van der Waals surface area contributed by atoms with Crippen LogP contribution in [-0.4, -0.2) is 36.0 Å². The molecule has 0 N–H and O–H groups in total. The molecule has 2 unspecified atom stereocenters. The summed E-state index contributed by atoms with van der Waals surface area (Å²) >= 11 is -1.62. The first-order valence-corrected chi connectivity index (χ1v) is 12.3. The monoisotopic (exact) mass is 463 g/mol. The minimum atomic E-state index is -1.62. The van der Waals surface area contributed by atoms with Crippen molar-refractivity contribution in [2.75, 3.05) is 26.9 Å². The second-order valence-electron chi connectivity index (χ2n) is 8.50. The zero-order valence-corrected chi connectivity index (χ0v) is 19.2. The molecule has 6 rings (SSSR count).